The standard InChI is InChI=1S/C30H33N3O3S/c1-6-19-9-7-8-18(2)28(19)33-25(35)17-37-29-22(16-31)26(20-10-12-21(36-5)13-11-20)27-23(32-29)14-30(3,4)15-24(27)34/h7-13,26,32H,6,14-15,17H2,1-5H3,(H,33,35). The average Bonchev–Trinajstić information content (AvgIpc) is 2.87. The number of Topliss-reactive ketones (excluding diaryl/α,β-unsaturated/α-hetero) is 1. The number of anilines is 1. The summed E-state index contributed by atoms with van der Waals surface area (Å²) in [5.41, 5.74) is 5.58. The highest BCUT2D eigenvalue weighted by Crippen LogP contribution is 2.48. The number of thioether (sulfide) groups is 1. The van der Waals surface area contributed by atoms with Gasteiger partial charge >= 0.3 is 0 Å². The summed E-state index contributed by atoms with van der Waals surface area (Å²) in [5.74, 6) is 0.284. The fourth-order valence-corrected chi connectivity index (χ4v) is 6.00. The first kappa shape index (κ1) is 26.6. The Labute approximate surface area is 223 Å². The van der Waals surface area contributed by atoms with E-state index in [0.717, 1.165) is 34.5 Å². The van der Waals surface area contributed by atoms with Gasteiger partial charge in [0, 0.05) is 23.4 Å². The van der Waals surface area contributed by atoms with Crippen LogP contribution in [0.2, 0.25) is 0 Å². The Balaban J connectivity index is 1.66. The number of amides is 1. The molecule has 2 N–H and O–H groups in total. The highest BCUT2D eigenvalue weighted by Gasteiger charge is 2.42. The molecule has 0 radical (unpaired) electrons. The molecule has 7 heteroatoms. The van der Waals surface area contributed by atoms with E-state index in [-0.39, 0.29) is 22.9 Å². The van der Waals surface area contributed by atoms with Crippen molar-refractivity contribution >= 4 is 29.1 Å². The van der Waals surface area contributed by atoms with Crippen LogP contribution in [0, 0.1) is 23.7 Å². The van der Waals surface area contributed by atoms with Gasteiger partial charge in [-0.3, -0.25) is 9.59 Å². The van der Waals surface area contributed by atoms with Crippen LogP contribution < -0.4 is 15.4 Å². The number of carbonyl (C=O) groups excluding carboxylic acids is 2. The van der Waals surface area contributed by atoms with Gasteiger partial charge in [0.2, 0.25) is 5.91 Å². The molecule has 0 aromatic heterocycles. The summed E-state index contributed by atoms with van der Waals surface area (Å²) in [6.45, 7) is 8.20. The smallest absolute Gasteiger partial charge is 0.234 e. The van der Waals surface area contributed by atoms with E-state index >= 15 is 0 Å². The molecule has 2 aromatic rings. The maximum atomic E-state index is 13.4. The maximum Gasteiger partial charge on any atom is 0.234 e. The van der Waals surface area contributed by atoms with Crippen LogP contribution in [0.25, 0.3) is 0 Å². The molecule has 1 heterocycles. The third kappa shape index (κ3) is 5.60. The molecule has 6 nitrogen and oxygen atoms in total. The number of carbonyl (C=O) groups is 2. The molecule has 0 fully saturated rings. The quantitative estimate of drug-likeness (QED) is 0.470. The molecular formula is C30H33N3O3S. The number of allylic oxidation sites excluding steroid dienone is 3. The minimum Gasteiger partial charge on any atom is -0.497 e. The lowest BCUT2D eigenvalue weighted by atomic mass is 9.69. The van der Waals surface area contributed by atoms with E-state index in [1.165, 1.54) is 11.8 Å². The third-order valence-corrected chi connectivity index (χ3v) is 7.95. The molecule has 1 aliphatic carbocycles. The van der Waals surface area contributed by atoms with Gasteiger partial charge < -0.3 is 15.4 Å². The van der Waals surface area contributed by atoms with Crippen molar-refractivity contribution in [3.05, 3.63) is 81.0 Å². The first-order valence-corrected chi connectivity index (χ1v) is 13.5. The van der Waals surface area contributed by atoms with Crippen LogP contribution in [0.5, 0.6) is 5.75 Å². The second-order valence-electron chi connectivity index (χ2n) is 10.3. The van der Waals surface area contributed by atoms with Crippen LogP contribution in [0.1, 0.15) is 56.2 Å². The lowest BCUT2D eigenvalue weighted by Gasteiger charge is -2.39. The molecule has 2 aromatic carbocycles. The normalized spacial score (nSPS) is 18.6. The van der Waals surface area contributed by atoms with E-state index in [1.807, 2.05) is 49.4 Å². The van der Waals surface area contributed by atoms with Crippen LogP contribution in [-0.4, -0.2) is 24.6 Å². The van der Waals surface area contributed by atoms with Crippen molar-refractivity contribution in [2.75, 3.05) is 18.2 Å². The van der Waals surface area contributed by atoms with Crippen molar-refractivity contribution in [2.45, 2.75) is 52.9 Å². The number of nitrogens with zero attached hydrogens (tertiary/aromatic N) is 1. The Morgan fingerprint density at radius 2 is 1.95 bits per heavy atom. The summed E-state index contributed by atoms with van der Waals surface area (Å²) < 4.78 is 5.31. The van der Waals surface area contributed by atoms with Gasteiger partial charge in [-0.25, -0.2) is 0 Å². The molecule has 4 rings (SSSR count). The summed E-state index contributed by atoms with van der Waals surface area (Å²) in [6.07, 6.45) is 1.94. The molecule has 0 saturated carbocycles. The zero-order chi connectivity index (χ0) is 26.7. The number of methoxy groups -OCH3 is 1. The minimum atomic E-state index is -0.482. The van der Waals surface area contributed by atoms with Gasteiger partial charge in [0.25, 0.3) is 0 Å². The first-order valence-electron chi connectivity index (χ1n) is 12.5. The van der Waals surface area contributed by atoms with Crippen LogP contribution in [0.4, 0.5) is 5.69 Å². The Hall–Kier alpha value is -3.50. The fraction of sp³-hybridized carbons (Fsp3) is 0.367. The zero-order valence-electron chi connectivity index (χ0n) is 22.0. The summed E-state index contributed by atoms with van der Waals surface area (Å²) in [7, 11) is 1.60. The van der Waals surface area contributed by atoms with Crippen molar-refractivity contribution in [3.63, 3.8) is 0 Å². The van der Waals surface area contributed by atoms with Crippen LogP contribution in [0.15, 0.2) is 64.3 Å². The number of ether oxygens (including phenoxy) is 1. The number of benzene rings is 2. The Bertz CT molecular complexity index is 1330. The summed E-state index contributed by atoms with van der Waals surface area (Å²) >= 11 is 1.30. The van der Waals surface area contributed by atoms with Gasteiger partial charge in [0.1, 0.15) is 5.75 Å². The third-order valence-electron chi connectivity index (χ3n) is 6.93. The largest absolute Gasteiger partial charge is 0.497 e. The van der Waals surface area contributed by atoms with Crippen molar-refractivity contribution in [2.24, 2.45) is 5.41 Å². The molecule has 192 valence electrons. The van der Waals surface area contributed by atoms with E-state index in [1.54, 1.807) is 7.11 Å². The van der Waals surface area contributed by atoms with Gasteiger partial charge in [-0.1, -0.05) is 62.9 Å². The van der Waals surface area contributed by atoms with Gasteiger partial charge in [0.05, 0.1) is 35.5 Å². The highest BCUT2D eigenvalue weighted by atomic mass is 32.2. The molecule has 0 spiro atoms. The predicted molar refractivity (Wildman–Crippen MR) is 148 cm³/mol. The van der Waals surface area contributed by atoms with E-state index < -0.39 is 5.92 Å². The van der Waals surface area contributed by atoms with Crippen molar-refractivity contribution in [3.8, 4) is 11.8 Å². The number of hydrogen-bond donors (Lipinski definition) is 2. The topological polar surface area (TPSA) is 91.2 Å². The lowest BCUT2D eigenvalue weighted by molar-refractivity contribution is -0.118. The van der Waals surface area contributed by atoms with Crippen molar-refractivity contribution < 1.29 is 14.3 Å². The molecule has 1 amide bonds. The maximum absolute atomic E-state index is 13.4. The Kier molecular flexibility index (Phi) is 7.79. The van der Waals surface area contributed by atoms with E-state index in [0.29, 0.717) is 34.8 Å². The monoisotopic (exact) mass is 515 g/mol. The first-order chi connectivity index (χ1) is 17.7. The number of para-hydroxylation sites is 1. The molecule has 0 bridgehead atoms. The summed E-state index contributed by atoms with van der Waals surface area (Å²) in [4.78, 5) is 26.3. The molecule has 1 aliphatic heterocycles. The van der Waals surface area contributed by atoms with Crippen molar-refractivity contribution in [1.29, 1.82) is 5.26 Å². The van der Waals surface area contributed by atoms with E-state index in [9.17, 15) is 14.9 Å². The average molecular weight is 516 g/mol. The van der Waals surface area contributed by atoms with Crippen LogP contribution in [-0.2, 0) is 16.0 Å². The zero-order valence-corrected chi connectivity index (χ0v) is 22.8. The molecular weight excluding hydrogens is 482 g/mol. The number of ketones is 1. The molecule has 2 aliphatic rings. The number of aryl methyl sites for hydroxylation is 2. The van der Waals surface area contributed by atoms with Gasteiger partial charge in [0.15, 0.2) is 5.78 Å². The summed E-state index contributed by atoms with van der Waals surface area (Å²) in [5, 5.41) is 17.3. The molecule has 1 atom stereocenters. The molecule has 0 saturated heterocycles. The SMILES string of the molecule is CCc1cccc(C)c1NC(=O)CSC1=C(C#N)C(c2ccc(OC)cc2)C2=C(CC(C)(C)CC2=O)N1. The van der Waals surface area contributed by atoms with E-state index in [4.69, 9.17) is 4.74 Å². The van der Waals surface area contributed by atoms with Crippen molar-refractivity contribution in [1.82, 2.24) is 5.32 Å². The minimum absolute atomic E-state index is 0.0563. The highest BCUT2D eigenvalue weighted by molar-refractivity contribution is 8.03. The van der Waals surface area contributed by atoms with Gasteiger partial charge in [-0.05, 0) is 54.0 Å². The van der Waals surface area contributed by atoms with E-state index in [2.05, 4.69) is 37.5 Å². The molecule has 1 unspecified atom stereocenters. The second-order valence-corrected chi connectivity index (χ2v) is 11.3. The second kappa shape index (κ2) is 10.9. The molecule has 37 heavy (non-hydrogen) atoms. The van der Waals surface area contributed by atoms with Gasteiger partial charge in [-0.15, -0.1) is 0 Å². The Morgan fingerprint density at radius 1 is 1.22 bits per heavy atom. The Morgan fingerprint density at radius 3 is 2.59 bits per heavy atom. The number of rotatable bonds is 7. The number of nitrogens with one attached hydrogen (secondary N) is 2. The number of hydrogen-bond acceptors (Lipinski definition) is 6. The van der Waals surface area contributed by atoms with Crippen LogP contribution >= 0.6 is 11.8 Å². The predicted octanol–water partition coefficient (Wildman–Crippen LogP) is 6.00. The van der Waals surface area contributed by atoms with Gasteiger partial charge in [-0.2, -0.15) is 5.26 Å². The lowest BCUT2D eigenvalue weighted by Crippen LogP contribution is -2.37. The summed E-state index contributed by atoms with van der Waals surface area (Å²) in [6, 6.07) is 15.8. The van der Waals surface area contributed by atoms with Crippen LogP contribution in [0.3, 0.4) is 0 Å². The number of dihydropyridines is 1. The fourth-order valence-electron chi connectivity index (χ4n) is 5.14. The number of nitriles is 1.